The van der Waals surface area contributed by atoms with Crippen LogP contribution in [0.5, 0.6) is 5.75 Å². The summed E-state index contributed by atoms with van der Waals surface area (Å²) in [6.07, 6.45) is 0.935. The Hall–Kier alpha value is -2.53. The van der Waals surface area contributed by atoms with Crippen molar-refractivity contribution >= 4 is 29.1 Å². The molecule has 0 spiro atoms. The number of carbonyl (C=O) groups excluding carboxylic acids is 2. The second-order valence-electron chi connectivity index (χ2n) is 6.62. The highest BCUT2D eigenvalue weighted by Crippen LogP contribution is 2.33. The fourth-order valence-electron chi connectivity index (χ4n) is 3.56. The zero-order valence-electron chi connectivity index (χ0n) is 14.2. The topological polar surface area (TPSA) is 58.6 Å². The fraction of sp³-hybridized carbons (Fsp3) is 0.300. The van der Waals surface area contributed by atoms with Crippen molar-refractivity contribution in [3.63, 3.8) is 0 Å². The van der Waals surface area contributed by atoms with Gasteiger partial charge in [0.2, 0.25) is 11.8 Å². The second kappa shape index (κ2) is 7.00. The van der Waals surface area contributed by atoms with Gasteiger partial charge in [-0.2, -0.15) is 0 Å². The fourth-order valence-corrected chi connectivity index (χ4v) is 3.74. The second-order valence-corrected chi connectivity index (χ2v) is 7.06. The summed E-state index contributed by atoms with van der Waals surface area (Å²) in [5, 5.41) is 3.67. The Morgan fingerprint density at radius 1 is 1.19 bits per heavy atom. The summed E-state index contributed by atoms with van der Waals surface area (Å²) < 4.78 is 5.64. The van der Waals surface area contributed by atoms with Gasteiger partial charge in [-0.3, -0.25) is 9.59 Å². The molecule has 2 aliphatic heterocycles. The molecule has 0 aliphatic carbocycles. The summed E-state index contributed by atoms with van der Waals surface area (Å²) >= 11 is 6.02. The van der Waals surface area contributed by atoms with Crippen LogP contribution in [0.3, 0.4) is 0 Å². The monoisotopic (exact) mass is 370 g/mol. The summed E-state index contributed by atoms with van der Waals surface area (Å²) in [5.41, 5.74) is 1.72. The molecule has 2 aliphatic rings. The van der Waals surface area contributed by atoms with Crippen molar-refractivity contribution in [1.29, 1.82) is 0 Å². The third-order valence-corrected chi connectivity index (χ3v) is 5.13. The number of anilines is 1. The third-order valence-electron chi connectivity index (χ3n) is 4.89. The molecule has 6 heteroatoms. The minimum absolute atomic E-state index is 0.0557. The zero-order chi connectivity index (χ0) is 18.1. The molecule has 0 radical (unpaired) electrons. The van der Waals surface area contributed by atoms with E-state index >= 15 is 0 Å². The van der Waals surface area contributed by atoms with E-state index in [1.165, 1.54) is 0 Å². The standard InChI is InChI=1S/C20H19ClN2O3/c21-14-4-3-5-15(11-14)23-12-13(10-19(23)24)20(25)22-17-8-9-26-18-7-2-1-6-16(17)18/h1-7,11,13,17H,8-10,12H2,(H,22,25). The van der Waals surface area contributed by atoms with Gasteiger partial charge in [-0.25, -0.2) is 0 Å². The van der Waals surface area contributed by atoms with Gasteiger partial charge in [0.05, 0.1) is 18.6 Å². The van der Waals surface area contributed by atoms with Crippen LogP contribution in [0, 0.1) is 5.92 Å². The van der Waals surface area contributed by atoms with Crippen molar-refractivity contribution in [2.45, 2.75) is 18.9 Å². The average Bonchev–Trinajstić information content (AvgIpc) is 3.04. The smallest absolute Gasteiger partial charge is 0.227 e. The first-order chi connectivity index (χ1) is 12.6. The van der Waals surface area contributed by atoms with Crippen LogP contribution in [-0.2, 0) is 9.59 Å². The number of hydrogen-bond acceptors (Lipinski definition) is 3. The van der Waals surface area contributed by atoms with E-state index in [1.807, 2.05) is 30.3 Å². The van der Waals surface area contributed by atoms with Crippen LogP contribution in [0.1, 0.15) is 24.4 Å². The SMILES string of the molecule is O=C(NC1CCOc2ccccc21)C1CC(=O)N(c2cccc(Cl)c2)C1. The largest absolute Gasteiger partial charge is 0.493 e. The molecule has 4 rings (SSSR count). The zero-order valence-corrected chi connectivity index (χ0v) is 14.9. The van der Waals surface area contributed by atoms with Crippen LogP contribution in [0.15, 0.2) is 48.5 Å². The highest BCUT2D eigenvalue weighted by Gasteiger charge is 2.36. The Morgan fingerprint density at radius 3 is 2.88 bits per heavy atom. The quantitative estimate of drug-likeness (QED) is 0.901. The van der Waals surface area contributed by atoms with Gasteiger partial charge in [-0.05, 0) is 24.3 Å². The first-order valence-corrected chi connectivity index (χ1v) is 9.07. The molecule has 2 amide bonds. The Morgan fingerprint density at radius 2 is 2.04 bits per heavy atom. The Labute approximate surface area is 156 Å². The van der Waals surface area contributed by atoms with E-state index in [1.54, 1.807) is 23.1 Å². The van der Waals surface area contributed by atoms with Crippen molar-refractivity contribution in [2.75, 3.05) is 18.1 Å². The van der Waals surface area contributed by atoms with Crippen molar-refractivity contribution in [2.24, 2.45) is 5.92 Å². The summed E-state index contributed by atoms with van der Waals surface area (Å²) in [6.45, 7) is 0.941. The number of ether oxygens (including phenoxy) is 1. The minimum Gasteiger partial charge on any atom is -0.493 e. The van der Waals surface area contributed by atoms with Crippen LogP contribution >= 0.6 is 11.6 Å². The number of halogens is 1. The summed E-state index contributed by atoms with van der Waals surface area (Å²) in [5.74, 6) is 0.299. The number of nitrogens with zero attached hydrogens (tertiary/aromatic N) is 1. The molecular weight excluding hydrogens is 352 g/mol. The summed E-state index contributed by atoms with van der Waals surface area (Å²) in [4.78, 5) is 26.8. The molecular formula is C20H19ClN2O3. The minimum atomic E-state index is -0.364. The lowest BCUT2D eigenvalue weighted by atomic mass is 9.99. The molecule has 0 saturated carbocycles. The molecule has 1 fully saturated rings. The van der Waals surface area contributed by atoms with Crippen molar-refractivity contribution in [3.05, 3.63) is 59.1 Å². The summed E-state index contributed by atoms with van der Waals surface area (Å²) in [6, 6.07) is 14.8. The van der Waals surface area contributed by atoms with Gasteiger partial charge in [0.15, 0.2) is 0 Å². The molecule has 26 heavy (non-hydrogen) atoms. The molecule has 1 saturated heterocycles. The van der Waals surface area contributed by atoms with Gasteiger partial charge in [0.1, 0.15) is 5.75 Å². The first kappa shape index (κ1) is 16.9. The molecule has 2 atom stereocenters. The first-order valence-electron chi connectivity index (χ1n) is 8.70. The molecule has 2 aromatic carbocycles. The molecule has 2 aromatic rings. The van der Waals surface area contributed by atoms with Crippen molar-refractivity contribution < 1.29 is 14.3 Å². The lowest BCUT2D eigenvalue weighted by molar-refractivity contribution is -0.127. The molecule has 2 heterocycles. The maximum Gasteiger partial charge on any atom is 0.227 e. The highest BCUT2D eigenvalue weighted by atomic mass is 35.5. The van der Waals surface area contributed by atoms with Crippen LogP contribution in [-0.4, -0.2) is 25.0 Å². The Kier molecular flexibility index (Phi) is 4.55. The van der Waals surface area contributed by atoms with E-state index in [0.29, 0.717) is 18.2 Å². The normalized spacial score (nSPS) is 21.9. The average molecular weight is 371 g/mol. The molecule has 5 nitrogen and oxygen atoms in total. The molecule has 1 N–H and O–H groups in total. The number of carbonyl (C=O) groups is 2. The van der Waals surface area contributed by atoms with Gasteiger partial charge in [-0.1, -0.05) is 35.9 Å². The number of hydrogen-bond donors (Lipinski definition) is 1. The van der Waals surface area contributed by atoms with Gasteiger partial charge in [0.25, 0.3) is 0 Å². The van der Waals surface area contributed by atoms with Crippen LogP contribution in [0.4, 0.5) is 5.69 Å². The summed E-state index contributed by atoms with van der Waals surface area (Å²) in [7, 11) is 0. The van der Waals surface area contributed by atoms with Crippen molar-refractivity contribution in [3.8, 4) is 5.75 Å². The Bertz CT molecular complexity index is 854. The molecule has 0 aromatic heterocycles. The van der Waals surface area contributed by atoms with E-state index in [9.17, 15) is 9.59 Å². The highest BCUT2D eigenvalue weighted by molar-refractivity contribution is 6.31. The number of benzene rings is 2. The van der Waals surface area contributed by atoms with Crippen molar-refractivity contribution in [1.82, 2.24) is 5.32 Å². The number of amides is 2. The third kappa shape index (κ3) is 3.27. The number of para-hydroxylation sites is 1. The molecule has 134 valence electrons. The predicted octanol–water partition coefficient (Wildman–Crippen LogP) is 3.33. The van der Waals surface area contributed by atoms with E-state index < -0.39 is 0 Å². The predicted molar refractivity (Wildman–Crippen MR) is 99.3 cm³/mol. The Balaban J connectivity index is 1.46. The number of nitrogens with one attached hydrogen (secondary N) is 1. The van der Waals surface area contributed by atoms with E-state index in [-0.39, 0.29) is 30.2 Å². The lowest BCUT2D eigenvalue weighted by Crippen LogP contribution is -2.37. The maximum atomic E-state index is 12.8. The van der Waals surface area contributed by atoms with Crippen LogP contribution in [0.2, 0.25) is 5.02 Å². The van der Waals surface area contributed by atoms with Gasteiger partial charge >= 0.3 is 0 Å². The van der Waals surface area contributed by atoms with E-state index in [2.05, 4.69) is 5.32 Å². The van der Waals surface area contributed by atoms with Crippen LogP contribution < -0.4 is 15.0 Å². The lowest BCUT2D eigenvalue weighted by Gasteiger charge is -2.27. The van der Waals surface area contributed by atoms with E-state index in [0.717, 1.165) is 23.4 Å². The van der Waals surface area contributed by atoms with Gasteiger partial charge in [-0.15, -0.1) is 0 Å². The van der Waals surface area contributed by atoms with Crippen LogP contribution in [0.25, 0.3) is 0 Å². The number of rotatable bonds is 3. The number of fused-ring (bicyclic) bond motifs is 1. The van der Waals surface area contributed by atoms with E-state index in [4.69, 9.17) is 16.3 Å². The van der Waals surface area contributed by atoms with Gasteiger partial charge < -0.3 is 15.0 Å². The maximum absolute atomic E-state index is 12.8. The van der Waals surface area contributed by atoms with Gasteiger partial charge in [0, 0.05) is 35.7 Å². The molecule has 2 unspecified atom stereocenters. The molecule has 0 bridgehead atoms.